The average molecular weight is 355 g/mol. The van der Waals surface area contributed by atoms with Crippen LogP contribution in [0.15, 0.2) is 0 Å². The number of carboxylic acid groups (broad SMARTS) is 1. The number of carbonyl (C=O) groups excluding carboxylic acids is 1. The Balaban J connectivity index is 2.41. The van der Waals surface area contributed by atoms with Crippen LogP contribution < -0.4 is 5.32 Å². The number of fused-ring (bicyclic) bond motifs is 1. The lowest BCUT2D eigenvalue weighted by atomic mass is 9.83. The zero-order valence-electron chi connectivity index (χ0n) is 16.5. The maximum absolute atomic E-state index is 13.0. The van der Waals surface area contributed by atoms with Crippen molar-refractivity contribution in [3.8, 4) is 0 Å². The summed E-state index contributed by atoms with van der Waals surface area (Å²) in [5, 5.41) is 23.8. The molecule has 0 aromatic heterocycles. The molecule has 25 heavy (non-hydrogen) atoms. The Morgan fingerprint density at radius 2 is 1.92 bits per heavy atom. The molecular formula is C19H33NO5. The van der Waals surface area contributed by atoms with Crippen LogP contribution in [0.4, 0.5) is 0 Å². The second-order valence-corrected chi connectivity index (χ2v) is 9.25. The molecule has 2 aliphatic rings. The minimum absolute atomic E-state index is 0.000892. The van der Waals surface area contributed by atoms with Crippen LogP contribution >= 0.6 is 0 Å². The number of Topliss-reactive ketones (excluding diaryl/α,β-unsaturated/α-hetero) is 1. The third-order valence-corrected chi connectivity index (χ3v) is 6.10. The molecule has 0 aromatic carbocycles. The molecule has 0 aromatic rings. The van der Waals surface area contributed by atoms with E-state index in [2.05, 4.69) is 5.32 Å². The molecule has 6 heteroatoms. The fraction of sp³-hybridized carbons (Fsp3) is 0.895. The van der Waals surface area contributed by atoms with E-state index in [4.69, 9.17) is 4.74 Å². The van der Waals surface area contributed by atoms with Crippen molar-refractivity contribution in [2.24, 2.45) is 17.3 Å². The molecule has 0 aliphatic heterocycles. The summed E-state index contributed by atoms with van der Waals surface area (Å²) in [6.07, 6.45) is 0.983. The van der Waals surface area contributed by atoms with Gasteiger partial charge in [0.2, 0.25) is 5.72 Å². The highest BCUT2D eigenvalue weighted by molar-refractivity contribution is 5.97. The van der Waals surface area contributed by atoms with Crippen molar-refractivity contribution < 1.29 is 24.5 Å². The fourth-order valence-electron chi connectivity index (χ4n) is 4.65. The molecule has 3 N–H and O–H groups in total. The highest BCUT2D eigenvalue weighted by Gasteiger charge is 2.78. The van der Waals surface area contributed by atoms with Gasteiger partial charge < -0.3 is 14.9 Å². The third kappa shape index (κ3) is 3.02. The number of rotatable bonds is 6. The molecule has 2 saturated carbocycles. The van der Waals surface area contributed by atoms with E-state index in [-0.39, 0.29) is 17.6 Å². The smallest absolute Gasteiger partial charge is 0.354 e. The molecule has 2 rings (SSSR count). The first-order chi connectivity index (χ1) is 11.2. The first kappa shape index (κ1) is 20.3. The number of carbonyl (C=O) groups is 2. The van der Waals surface area contributed by atoms with E-state index in [9.17, 15) is 19.8 Å². The van der Waals surface area contributed by atoms with E-state index < -0.39 is 34.4 Å². The molecule has 5 atom stereocenters. The topological polar surface area (TPSA) is 95.9 Å². The first-order valence-electron chi connectivity index (χ1n) is 9.21. The Morgan fingerprint density at radius 3 is 2.36 bits per heavy atom. The SMILES string of the molecule is CCC(OC(C)(C)C)[C@@](O)(NC12C(=O)C(C)CCC1C2(C)C)C(=O)O. The van der Waals surface area contributed by atoms with Crippen molar-refractivity contribution in [2.45, 2.75) is 90.7 Å². The van der Waals surface area contributed by atoms with E-state index in [1.54, 1.807) is 6.92 Å². The normalized spacial score (nSPS) is 34.8. The molecule has 2 aliphatic carbocycles. The molecule has 2 fully saturated rings. The highest BCUT2D eigenvalue weighted by Crippen LogP contribution is 2.67. The largest absolute Gasteiger partial charge is 0.478 e. The lowest BCUT2D eigenvalue weighted by molar-refractivity contribution is -0.204. The summed E-state index contributed by atoms with van der Waals surface area (Å²) in [5.41, 5.74) is -4.34. The van der Waals surface area contributed by atoms with Crippen molar-refractivity contribution in [3.05, 3.63) is 0 Å². The number of ketones is 1. The molecule has 0 spiro atoms. The summed E-state index contributed by atoms with van der Waals surface area (Å²) in [4.78, 5) is 25.0. The predicted octanol–water partition coefficient (Wildman–Crippen LogP) is 2.34. The van der Waals surface area contributed by atoms with E-state index in [0.717, 1.165) is 12.8 Å². The zero-order chi connectivity index (χ0) is 19.4. The molecule has 0 heterocycles. The summed E-state index contributed by atoms with van der Waals surface area (Å²) in [7, 11) is 0. The van der Waals surface area contributed by atoms with Crippen molar-refractivity contribution in [2.75, 3.05) is 0 Å². The number of nitrogens with one attached hydrogen (secondary N) is 1. The van der Waals surface area contributed by atoms with E-state index in [1.807, 2.05) is 41.5 Å². The molecule has 144 valence electrons. The average Bonchev–Trinajstić information content (AvgIpc) is 2.95. The van der Waals surface area contributed by atoms with Crippen LogP contribution in [0, 0.1) is 17.3 Å². The van der Waals surface area contributed by atoms with Crippen molar-refractivity contribution >= 4 is 11.8 Å². The summed E-state index contributed by atoms with van der Waals surface area (Å²) < 4.78 is 5.84. The second kappa shape index (κ2) is 6.03. The Bertz CT molecular complexity index is 567. The Hall–Kier alpha value is -0.980. The van der Waals surface area contributed by atoms with Gasteiger partial charge in [-0.05, 0) is 51.4 Å². The number of aliphatic carboxylic acids is 1. The van der Waals surface area contributed by atoms with Gasteiger partial charge in [0.05, 0.1) is 11.1 Å². The van der Waals surface area contributed by atoms with E-state index in [1.165, 1.54) is 0 Å². The van der Waals surface area contributed by atoms with Crippen molar-refractivity contribution in [1.82, 2.24) is 5.32 Å². The van der Waals surface area contributed by atoms with E-state index in [0.29, 0.717) is 6.42 Å². The minimum Gasteiger partial charge on any atom is -0.478 e. The van der Waals surface area contributed by atoms with Crippen molar-refractivity contribution in [3.63, 3.8) is 0 Å². The number of hydrogen-bond acceptors (Lipinski definition) is 5. The van der Waals surface area contributed by atoms with Gasteiger partial charge in [-0.2, -0.15) is 0 Å². The lowest BCUT2D eigenvalue weighted by Crippen LogP contribution is -2.68. The van der Waals surface area contributed by atoms with Crippen LogP contribution in [0.25, 0.3) is 0 Å². The number of aliphatic hydroxyl groups is 1. The van der Waals surface area contributed by atoms with Gasteiger partial charge >= 0.3 is 5.97 Å². The van der Waals surface area contributed by atoms with Crippen LogP contribution in [0.1, 0.15) is 67.7 Å². The number of carboxylic acids is 1. The molecule has 0 amide bonds. The monoisotopic (exact) mass is 355 g/mol. The highest BCUT2D eigenvalue weighted by atomic mass is 16.5. The maximum Gasteiger partial charge on any atom is 0.354 e. The molecule has 6 nitrogen and oxygen atoms in total. The Labute approximate surface area is 150 Å². The minimum atomic E-state index is -2.32. The third-order valence-electron chi connectivity index (χ3n) is 6.10. The number of hydrogen-bond donors (Lipinski definition) is 3. The quantitative estimate of drug-likeness (QED) is 0.633. The summed E-state index contributed by atoms with van der Waals surface area (Å²) in [6, 6.07) is 0. The molecule has 4 unspecified atom stereocenters. The molecule has 0 bridgehead atoms. The predicted molar refractivity (Wildman–Crippen MR) is 94.0 cm³/mol. The molecule has 0 saturated heterocycles. The van der Waals surface area contributed by atoms with Crippen LogP contribution in [-0.2, 0) is 14.3 Å². The molecule has 0 radical (unpaired) electrons. The maximum atomic E-state index is 13.0. The van der Waals surface area contributed by atoms with Gasteiger partial charge in [-0.15, -0.1) is 0 Å². The van der Waals surface area contributed by atoms with Crippen molar-refractivity contribution in [1.29, 1.82) is 0 Å². The second-order valence-electron chi connectivity index (χ2n) is 9.25. The summed E-state index contributed by atoms with van der Waals surface area (Å²) in [6.45, 7) is 13.0. The first-order valence-corrected chi connectivity index (χ1v) is 9.21. The van der Waals surface area contributed by atoms with Crippen LogP contribution in [-0.4, -0.2) is 44.9 Å². The summed E-state index contributed by atoms with van der Waals surface area (Å²) >= 11 is 0. The fourth-order valence-corrected chi connectivity index (χ4v) is 4.65. The van der Waals surface area contributed by atoms with Gasteiger partial charge in [0, 0.05) is 5.92 Å². The Kier molecular flexibility index (Phi) is 4.91. The van der Waals surface area contributed by atoms with Gasteiger partial charge in [-0.3, -0.25) is 10.1 Å². The standard InChI is InChI=1S/C19H33NO5/c1-8-13(25-16(3,4)5)19(24,15(22)23)20-18-12(17(18,6)7)10-9-11(2)14(18)21/h11-13,20,24H,8-10H2,1-7H3,(H,22,23)/t11?,12?,13?,18?,19-/m0/s1. The van der Waals surface area contributed by atoms with Gasteiger partial charge in [0.25, 0.3) is 0 Å². The van der Waals surface area contributed by atoms with Crippen LogP contribution in [0.2, 0.25) is 0 Å². The number of ether oxygens (including phenoxy) is 1. The van der Waals surface area contributed by atoms with E-state index >= 15 is 0 Å². The Morgan fingerprint density at radius 1 is 1.36 bits per heavy atom. The van der Waals surface area contributed by atoms with Gasteiger partial charge in [0.15, 0.2) is 5.78 Å². The zero-order valence-corrected chi connectivity index (χ0v) is 16.5. The van der Waals surface area contributed by atoms with Crippen LogP contribution in [0.3, 0.4) is 0 Å². The summed E-state index contributed by atoms with van der Waals surface area (Å²) in [5.74, 6) is -1.53. The van der Waals surface area contributed by atoms with Crippen LogP contribution in [0.5, 0.6) is 0 Å². The van der Waals surface area contributed by atoms with Gasteiger partial charge in [-0.25, -0.2) is 4.79 Å². The van der Waals surface area contributed by atoms with Gasteiger partial charge in [0.1, 0.15) is 6.10 Å². The lowest BCUT2D eigenvalue weighted by Gasteiger charge is -2.41. The molecular weight excluding hydrogens is 322 g/mol. The van der Waals surface area contributed by atoms with Gasteiger partial charge in [-0.1, -0.05) is 27.7 Å².